The molecule has 1 saturated heterocycles. The predicted molar refractivity (Wildman–Crippen MR) is 102 cm³/mol. The smallest absolute Gasteiger partial charge is 0.407 e. The fraction of sp³-hybridized carbons (Fsp3) is 0.500. The molecule has 0 spiro atoms. The molecule has 0 bridgehead atoms. The summed E-state index contributed by atoms with van der Waals surface area (Å²) in [6.45, 7) is 11.1. The normalized spacial score (nSPS) is 16.0. The summed E-state index contributed by atoms with van der Waals surface area (Å²) in [7, 11) is 0. The molecule has 0 aliphatic carbocycles. The van der Waals surface area contributed by atoms with Crippen LogP contribution in [0.15, 0.2) is 18.3 Å². The number of carbonyl (C=O) groups is 1. The molecule has 2 aromatic rings. The Balaban J connectivity index is 1.64. The van der Waals surface area contributed by atoms with Crippen LogP contribution in [0.1, 0.15) is 39.2 Å². The molecule has 134 valence electrons. The van der Waals surface area contributed by atoms with Gasteiger partial charge in [-0.15, -0.1) is 11.3 Å². The summed E-state index contributed by atoms with van der Waals surface area (Å²) in [6, 6.07) is 0.135. The van der Waals surface area contributed by atoms with Crippen molar-refractivity contribution in [1.82, 2.24) is 15.3 Å². The summed E-state index contributed by atoms with van der Waals surface area (Å²) in [6.07, 6.45) is 4.83. The number of thiophene rings is 1. The van der Waals surface area contributed by atoms with E-state index in [1.807, 2.05) is 26.8 Å². The number of nitrogens with one attached hydrogen (secondary N) is 1. The molecule has 0 unspecified atom stereocenters. The fourth-order valence-electron chi connectivity index (χ4n) is 2.94. The van der Waals surface area contributed by atoms with Gasteiger partial charge in [0.25, 0.3) is 0 Å². The van der Waals surface area contributed by atoms with Gasteiger partial charge >= 0.3 is 6.09 Å². The van der Waals surface area contributed by atoms with Gasteiger partial charge in [0.05, 0.1) is 10.2 Å². The molecule has 0 aromatic carbocycles. The maximum Gasteiger partial charge on any atom is 0.407 e. The number of fused-ring (bicyclic) bond motifs is 1. The first kappa shape index (κ1) is 17.7. The molecule has 0 atom stereocenters. The van der Waals surface area contributed by atoms with E-state index in [2.05, 4.69) is 32.1 Å². The van der Waals surface area contributed by atoms with Gasteiger partial charge in [0.2, 0.25) is 0 Å². The van der Waals surface area contributed by atoms with Crippen LogP contribution in [0.2, 0.25) is 0 Å². The highest BCUT2D eigenvalue weighted by Crippen LogP contribution is 2.33. The Bertz CT molecular complexity index is 773. The highest BCUT2D eigenvalue weighted by atomic mass is 32.1. The third-order valence-electron chi connectivity index (χ3n) is 4.10. The Morgan fingerprint density at radius 3 is 2.76 bits per heavy atom. The van der Waals surface area contributed by atoms with E-state index < -0.39 is 5.60 Å². The zero-order valence-corrected chi connectivity index (χ0v) is 15.7. The van der Waals surface area contributed by atoms with Gasteiger partial charge in [-0.1, -0.05) is 12.7 Å². The molecular weight excluding hydrogens is 336 g/mol. The second kappa shape index (κ2) is 7.00. The summed E-state index contributed by atoms with van der Waals surface area (Å²) in [5.41, 5.74) is 1.53. The molecule has 3 rings (SSSR count). The van der Waals surface area contributed by atoms with Crippen LogP contribution in [-0.2, 0) is 4.74 Å². The quantitative estimate of drug-likeness (QED) is 0.901. The van der Waals surface area contributed by atoms with Crippen molar-refractivity contribution in [3.05, 3.63) is 23.8 Å². The van der Waals surface area contributed by atoms with Gasteiger partial charge in [0, 0.05) is 30.1 Å². The topological polar surface area (TPSA) is 67.4 Å². The molecular formula is C18H24N4O2S. The zero-order chi connectivity index (χ0) is 18.0. The molecule has 1 N–H and O–H groups in total. The summed E-state index contributed by atoms with van der Waals surface area (Å²) < 4.78 is 6.43. The maximum absolute atomic E-state index is 11.9. The van der Waals surface area contributed by atoms with Gasteiger partial charge in [-0.25, -0.2) is 14.8 Å². The molecule has 1 aliphatic heterocycles. The Labute approximate surface area is 151 Å². The molecule has 6 nitrogen and oxygen atoms in total. The highest BCUT2D eigenvalue weighted by molar-refractivity contribution is 7.18. The summed E-state index contributed by atoms with van der Waals surface area (Å²) in [5.74, 6) is 0.971. The fourth-order valence-corrected chi connectivity index (χ4v) is 3.96. The molecule has 1 fully saturated rings. The van der Waals surface area contributed by atoms with Crippen LogP contribution in [0.4, 0.5) is 10.6 Å². The van der Waals surface area contributed by atoms with Crippen molar-refractivity contribution >= 4 is 39.5 Å². The van der Waals surface area contributed by atoms with E-state index in [0.717, 1.165) is 47.5 Å². The number of alkyl carbamates (subject to hydrolysis) is 1. The Kier molecular flexibility index (Phi) is 4.94. The lowest BCUT2D eigenvalue weighted by atomic mass is 10.1. The van der Waals surface area contributed by atoms with Crippen molar-refractivity contribution in [2.24, 2.45) is 0 Å². The van der Waals surface area contributed by atoms with Crippen molar-refractivity contribution in [2.45, 2.75) is 45.3 Å². The molecule has 3 heterocycles. The van der Waals surface area contributed by atoms with E-state index in [1.165, 1.54) is 0 Å². The van der Waals surface area contributed by atoms with Crippen molar-refractivity contribution in [3.8, 4) is 0 Å². The molecule has 2 aromatic heterocycles. The maximum atomic E-state index is 11.9. The lowest BCUT2D eigenvalue weighted by Crippen LogP contribution is -2.46. The van der Waals surface area contributed by atoms with Gasteiger partial charge in [-0.05, 0) is 33.6 Å². The third kappa shape index (κ3) is 4.10. The van der Waals surface area contributed by atoms with Crippen LogP contribution in [0.3, 0.4) is 0 Å². The first-order valence-electron chi connectivity index (χ1n) is 8.46. The molecule has 1 amide bonds. The van der Waals surface area contributed by atoms with Crippen molar-refractivity contribution in [2.75, 3.05) is 18.0 Å². The number of ether oxygens (including phenoxy) is 1. The number of piperidine rings is 1. The van der Waals surface area contributed by atoms with Crippen LogP contribution in [0.25, 0.3) is 16.3 Å². The van der Waals surface area contributed by atoms with E-state index in [1.54, 1.807) is 17.7 Å². The first-order valence-corrected chi connectivity index (χ1v) is 9.34. The third-order valence-corrected chi connectivity index (χ3v) is 5.08. The number of nitrogens with zero attached hydrogens (tertiary/aromatic N) is 3. The van der Waals surface area contributed by atoms with E-state index in [4.69, 9.17) is 4.74 Å². The summed E-state index contributed by atoms with van der Waals surface area (Å²) >= 11 is 1.65. The number of amides is 1. The average Bonchev–Trinajstić information content (AvgIpc) is 2.97. The summed E-state index contributed by atoms with van der Waals surface area (Å²) in [4.78, 5) is 23.1. The molecule has 7 heteroatoms. The lowest BCUT2D eigenvalue weighted by molar-refractivity contribution is 0.0497. The van der Waals surface area contributed by atoms with Crippen molar-refractivity contribution in [1.29, 1.82) is 0 Å². The number of aromatic nitrogens is 2. The van der Waals surface area contributed by atoms with Crippen LogP contribution < -0.4 is 10.2 Å². The number of hydrogen-bond acceptors (Lipinski definition) is 6. The monoisotopic (exact) mass is 360 g/mol. The van der Waals surface area contributed by atoms with Gasteiger partial charge in [-0.3, -0.25) is 0 Å². The standard InChI is InChI=1S/C18H24N4O2S/c1-5-12-10-25-15-14(12)19-11-20-16(15)22-8-6-13(7-9-22)21-17(23)24-18(2,3)4/h5,10-11,13H,1,6-9H2,2-4H3,(H,21,23). The van der Waals surface area contributed by atoms with Crippen LogP contribution in [0, 0.1) is 0 Å². The molecule has 0 radical (unpaired) electrons. The van der Waals surface area contributed by atoms with Gasteiger partial charge in [-0.2, -0.15) is 0 Å². The second-order valence-electron chi connectivity index (χ2n) is 7.18. The van der Waals surface area contributed by atoms with E-state index in [0.29, 0.717) is 0 Å². The van der Waals surface area contributed by atoms with Crippen molar-refractivity contribution < 1.29 is 9.53 Å². The lowest BCUT2D eigenvalue weighted by Gasteiger charge is -2.33. The zero-order valence-electron chi connectivity index (χ0n) is 14.9. The van der Waals surface area contributed by atoms with Gasteiger partial charge < -0.3 is 15.0 Å². The van der Waals surface area contributed by atoms with Crippen LogP contribution in [0.5, 0.6) is 0 Å². The predicted octanol–water partition coefficient (Wildman–Crippen LogP) is 3.83. The van der Waals surface area contributed by atoms with E-state index >= 15 is 0 Å². The number of hydrogen-bond donors (Lipinski definition) is 1. The van der Waals surface area contributed by atoms with E-state index in [-0.39, 0.29) is 12.1 Å². The van der Waals surface area contributed by atoms with Gasteiger partial charge in [0.1, 0.15) is 17.7 Å². The minimum Gasteiger partial charge on any atom is -0.444 e. The number of rotatable bonds is 3. The molecule has 1 aliphatic rings. The summed E-state index contributed by atoms with van der Waals surface area (Å²) in [5, 5.41) is 5.03. The van der Waals surface area contributed by atoms with E-state index in [9.17, 15) is 4.79 Å². The largest absolute Gasteiger partial charge is 0.444 e. The minimum absolute atomic E-state index is 0.135. The average molecular weight is 360 g/mol. The van der Waals surface area contributed by atoms with Gasteiger partial charge in [0.15, 0.2) is 0 Å². The highest BCUT2D eigenvalue weighted by Gasteiger charge is 2.25. The second-order valence-corrected chi connectivity index (χ2v) is 8.06. The molecule has 25 heavy (non-hydrogen) atoms. The minimum atomic E-state index is -0.473. The van der Waals surface area contributed by atoms with Crippen molar-refractivity contribution in [3.63, 3.8) is 0 Å². The Morgan fingerprint density at radius 1 is 1.40 bits per heavy atom. The number of carbonyl (C=O) groups excluding carboxylic acids is 1. The molecule has 0 saturated carbocycles. The van der Waals surface area contributed by atoms with Crippen LogP contribution in [-0.4, -0.2) is 40.8 Å². The Hall–Kier alpha value is -2.15. The first-order chi connectivity index (χ1) is 11.9. The number of anilines is 1. The van der Waals surface area contributed by atoms with Crippen LogP contribution >= 0.6 is 11.3 Å². The Morgan fingerprint density at radius 2 is 2.12 bits per heavy atom. The SMILES string of the molecule is C=Cc1csc2c(N3CCC(NC(=O)OC(C)(C)C)CC3)ncnc12.